The maximum atomic E-state index is 12.1. The van der Waals surface area contributed by atoms with Gasteiger partial charge in [-0.1, -0.05) is 38.1 Å². The first-order valence-electron chi connectivity index (χ1n) is 7.09. The van der Waals surface area contributed by atoms with Crippen molar-refractivity contribution in [1.82, 2.24) is 4.90 Å². The van der Waals surface area contributed by atoms with Crippen LogP contribution in [0.4, 0.5) is 0 Å². The lowest BCUT2D eigenvalue weighted by Crippen LogP contribution is -2.35. The van der Waals surface area contributed by atoms with Crippen molar-refractivity contribution in [2.75, 3.05) is 19.7 Å². The number of carbonyl (C=O) groups is 1. The van der Waals surface area contributed by atoms with Crippen molar-refractivity contribution >= 4 is 5.91 Å². The Bertz CT molecular complexity index is 466. The van der Waals surface area contributed by atoms with Crippen LogP contribution in [0.1, 0.15) is 39.2 Å². The Labute approximate surface area is 122 Å². The lowest BCUT2D eigenvalue weighted by atomic mass is 10.0. The highest BCUT2D eigenvalue weighted by Gasteiger charge is 2.12. The minimum Gasteiger partial charge on any atom is -0.484 e. The minimum atomic E-state index is -0.00884. The molecule has 110 valence electrons. The van der Waals surface area contributed by atoms with Gasteiger partial charge >= 0.3 is 0 Å². The van der Waals surface area contributed by atoms with Gasteiger partial charge in [0.15, 0.2) is 6.61 Å². The predicted molar refractivity (Wildman–Crippen MR) is 83.1 cm³/mol. The van der Waals surface area contributed by atoms with E-state index in [9.17, 15) is 4.79 Å². The third-order valence-corrected chi connectivity index (χ3v) is 3.08. The van der Waals surface area contributed by atoms with Crippen LogP contribution >= 0.6 is 0 Å². The molecular formula is C17H25NO2. The number of nitrogens with zero attached hydrogens (tertiary/aromatic N) is 1. The highest BCUT2D eigenvalue weighted by Crippen LogP contribution is 2.20. The van der Waals surface area contributed by atoms with Crippen molar-refractivity contribution in [2.45, 2.75) is 33.6 Å². The van der Waals surface area contributed by atoms with Gasteiger partial charge in [-0.2, -0.15) is 0 Å². The van der Waals surface area contributed by atoms with Crippen LogP contribution in [0.25, 0.3) is 0 Å². The Morgan fingerprint density at radius 2 is 2.10 bits per heavy atom. The van der Waals surface area contributed by atoms with E-state index in [4.69, 9.17) is 4.74 Å². The van der Waals surface area contributed by atoms with Crippen LogP contribution < -0.4 is 4.74 Å². The van der Waals surface area contributed by atoms with E-state index in [1.807, 2.05) is 32.0 Å². The summed E-state index contributed by atoms with van der Waals surface area (Å²) in [6.45, 7) is 13.3. The number of benzene rings is 1. The van der Waals surface area contributed by atoms with Gasteiger partial charge in [-0.3, -0.25) is 4.79 Å². The molecule has 3 nitrogen and oxygen atoms in total. The molecule has 1 amide bonds. The average Bonchev–Trinajstić information content (AvgIpc) is 2.42. The molecule has 0 saturated heterocycles. The van der Waals surface area contributed by atoms with Crippen LogP contribution in [0.15, 0.2) is 36.4 Å². The van der Waals surface area contributed by atoms with E-state index < -0.39 is 0 Å². The monoisotopic (exact) mass is 275 g/mol. The second-order valence-corrected chi connectivity index (χ2v) is 5.38. The van der Waals surface area contributed by atoms with Gasteiger partial charge in [-0.25, -0.2) is 0 Å². The molecule has 0 spiro atoms. The van der Waals surface area contributed by atoms with Crippen LogP contribution in [0, 0.1) is 0 Å². The first kappa shape index (κ1) is 16.3. The highest BCUT2D eigenvalue weighted by molar-refractivity contribution is 5.78. The SMILES string of the molecule is C=C(C)CN(CC)C(=O)COc1cccc(C(C)C)c1. The molecule has 0 unspecified atom stereocenters. The summed E-state index contributed by atoms with van der Waals surface area (Å²) >= 11 is 0. The van der Waals surface area contributed by atoms with E-state index >= 15 is 0 Å². The maximum absolute atomic E-state index is 12.1. The summed E-state index contributed by atoms with van der Waals surface area (Å²) in [6, 6.07) is 7.90. The van der Waals surface area contributed by atoms with Gasteiger partial charge in [-0.15, -0.1) is 0 Å². The first-order valence-corrected chi connectivity index (χ1v) is 7.09. The van der Waals surface area contributed by atoms with Crippen molar-refractivity contribution in [3.05, 3.63) is 42.0 Å². The fourth-order valence-corrected chi connectivity index (χ4v) is 1.90. The number of rotatable bonds is 7. The Morgan fingerprint density at radius 1 is 1.40 bits per heavy atom. The summed E-state index contributed by atoms with van der Waals surface area (Å²) in [5, 5.41) is 0. The standard InChI is InChI=1S/C17H25NO2/c1-6-18(11-13(2)3)17(19)12-20-16-9-7-8-15(10-16)14(4)5/h7-10,14H,2,6,11-12H2,1,3-5H3. The molecule has 0 saturated carbocycles. The molecule has 0 radical (unpaired) electrons. The topological polar surface area (TPSA) is 29.5 Å². The second-order valence-electron chi connectivity index (χ2n) is 5.38. The highest BCUT2D eigenvalue weighted by atomic mass is 16.5. The molecule has 0 aliphatic heterocycles. The zero-order valence-corrected chi connectivity index (χ0v) is 13.0. The fourth-order valence-electron chi connectivity index (χ4n) is 1.90. The van der Waals surface area contributed by atoms with Crippen molar-refractivity contribution in [2.24, 2.45) is 0 Å². The maximum Gasteiger partial charge on any atom is 0.260 e. The summed E-state index contributed by atoms with van der Waals surface area (Å²) in [7, 11) is 0. The van der Waals surface area contributed by atoms with Crippen molar-refractivity contribution in [3.8, 4) is 5.75 Å². The quantitative estimate of drug-likeness (QED) is 0.711. The molecule has 0 N–H and O–H groups in total. The average molecular weight is 275 g/mol. The number of ether oxygens (including phenoxy) is 1. The predicted octanol–water partition coefficient (Wildman–Crippen LogP) is 3.61. The van der Waals surface area contributed by atoms with Crippen molar-refractivity contribution < 1.29 is 9.53 Å². The molecule has 20 heavy (non-hydrogen) atoms. The molecule has 0 aromatic heterocycles. The van der Waals surface area contributed by atoms with Gasteiger partial charge in [0.2, 0.25) is 0 Å². The number of hydrogen-bond donors (Lipinski definition) is 0. The molecule has 0 heterocycles. The van der Waals surface area contributed by atoms with Crippen LogP contribution in [0.5, 0.6) is 5.75 Å². The van der Waals surface area contributed by atoms with Gasteiger partial charge in [0, 0.05) is 13.1 Å². The molecule has 0 aliphatic carbocycles. The molecule has 0 fully saturated rings. The zero-order valence-electron chi connectivity index (χ0n) is 13.0. The van der Waals surface area contributed by atoms with Crippen LogP contribution in [0.2, 0.25) is 0 Å². The Hall–Kier alpha value is -1.77. The Kier molecular flexibility index (Phi) is 6.29. The normalized spacial score (nSPS) is 10.4. The van der Waals surface area contributed by atoms with Gasteiger partial charge in [0.05, 0.1) is 0 Å². The van der Waals surface area contributed by atoms with Crippen molar-refractivity contribution in [1.29, 1.82) is 0 Å². The summed E-state index contributed by atoms with van der Waals surface area (Å²) in [4.78, 5) is 13.8. The molecule has 0 aliphatic rings. The number of carbonyl (C=O) groups excluding carboxylic acids is 1. The zero-order chi connectivity index (χ0) is 15.1. The summed E-state index contributed by atoms with van der Waals surface area (Å²) in [5.41, 5.74) is 2.19. The van der Waals surface area contributed by atoms with Gasteiger partial charge < -0.3 is 9.64 Å². The largest absolute Gasteiger partial charge is 0.484 e. The van der Waals surface area contributed by atoms with Crippen LogP contribution in [-0.4, -0.2) is 30.5 Å². The molecule has 0 atom stereocenters. The number of hydrogen-bond acceptors (Lipinski definition) is 2. The molecule has 1 aromatic rings. The summed E-state index contributed by atoms with van der Waals surface area (Å²) in [6.07, 6.45) is 0. The molecule has 1 rings (SSSR count). The second kappa shape index (κ2) is 7.73. The molecule has 0 bridgehead atoms. The molecular weight excluding hydrogens is 250 g/mol. The molecule has 1 aromatic carbocycles. The van der Waals surface area contributed by atoms with E-state index in [1.54, 1.807) is 4.90 Å². The fraction of sp³-hybridized carbons (Fsp3) is 0.471. The Balaban J connectivity index is 2.59. The number of amides is 1. The van der Waals surface area contributed by atoms with E-state index in [-0.39, 0.29) is 12.5 Å². The Morgan fingerprint density at radius 3 is 2.65 bits per heavy atom. The van der Waals surface area contributed by atoms with E-state index in [2.05, 4.69) is 26.5 Å². The van der Waals surface area contributed by atoms with Crippen LogP contribution in [0.3, 0.4) is 0 Å². The van der Waals surface area contributed by atoms with Crippen molar-refractivity contribution in [3.63, 3.8) is 0 Å². The van der Waals surface area contributed by atoms with Gasteiger partial charge in [-0.05, 0) is 37.5 Å². The lowest BCUT2D eigenvalue weighted by Gasteiger charge is -2.21. The smallest absolute Gasteiger partial charge is 0.260 e. The van der Waals surface area contributed by atoms with E-state index in [0.29, 0.717) is 19.0 Å². The third kappa shape index (κ3) is 5.08. The summed E-state index contributed by atoms with van der Waals surface area (Å²) in [5.74, 6) is 1.19. The van der Waals surface area contributed by atoms with Gasteiger partial charge in [0.1, 0.15) is 5.75 Å². The van der Waals surface area contributed by atoms with E-state index in [1.165, 1.54) is 5.56 Å². The third-order valence-electron chi connectivity index (χ3n) is 3.08. The van der Waals surface area contributed by atoms with Gasteiger partial charge in [0.25, 0.3) is 5.91 Å². The summed E-state index contributed by atoms with van der Waals surface area (Å²) < 4.78 is 5.60. The van der Waals surface area contributed by atoms with E-state index in [0.717, 1.165) is 11.3 Å². The first-order chi connectivity index (χ1) is 9.43. The molecule has 3 heteroatoms. The lowest BCUT2D eigenvalue weighted by molar-refractivity contribution is -0.132. The van der Waals surface area contributed by atoms with Crippen LogP contribution in [-0.2, 0) is 4.79 Å². The number of likely N-dealkylation sites (N-methyl/N-ethyl adjacent to an activating group) is 1. The minimum absolute atomic E-state index is 0.00884.